The van der Waals surface area contributed by atoms with Crippen molar-refractivity contribution in [3.63, 3.8) is 0 Å². The minimum absolute atomic E-state index is 0.116. The number of hydrogen-bond donors (Lipinski definition) is 2. The van der Waals surface area contributed by atoms with E-state index in [2.05, 4.69) is 5.32 Å². The molecule has 2 aromatic rings. The lowest BCUT2D eigenvalue weighted by atomic mass is 10.0. The first-order chi connectivity index (χ1) is 9.58. The van der Waals surface area contributed by atoms with Crippen molar-refractivity contribution in [2.24, 2.45) is 0 Å². The van der Waals surface area contributed by atoms with Crippen LogP contribution in [-0.4, -0.2) is 30.1 Å². The summed E-state index contributed by atoms with van der Waals surface area (Å²) in [6, 6.07) is 14.9. The number of rotatable bonds is 3. The third-order valence-electron chi connectivity index (χ3n) is 3.02. The molecule has 0 aromatic heterocycles. The van der Waals surface area contributed by atoms with Crippen LogP contribution in [0, 0.1) is 0 Å². The Kier molecular flexibility index (Phi) is 4.25. The van der Waals surface area contributed by atoms with Crippen molar-refractivity contribution in [1.82, 2.24) is 10.2 Å². The van der Waals surface area contributed by atoms with Crippen molar-refractivity contribution < 1.29 is 9.90 Å². The number of carbonyl (C=O) groups excluding carboxylic acids is 1. The Balaban J connectivity index is 2.07. The molecule has 0 bridgehead atoms. The van der Waals surface area contributed by atoms with Crippen molar-refractivity contribution in [3.05, 3.63) is 54.1 Å². The van der Waals surface area contributed by atoms with Gasteiger partial charge >= 0.3 is 6.03 Å². The lowest BCUT2D eigenvalue weighted by Gasteiger charge is -2.12. The highest BCUT2D eigenvalue weighted by atomic mass is 16.3. The van der Waals surface area contributed by atoms with Gasteiger partial charge in [0.2, 0.25) is 0 Å². The quantitative estimate of drug-likeness (QED) is 0.901. The zero-order valence-electron chi connectivity index (χ0n) is 11.6. The molecule has 0 unspecified atom stereocenters. The molecule has 0 saturated carbocycles. The first-order valence-corrected chi connectivity index (χ1v) is 6.40. The summed E-state index contributed by atoms with van der Waals surface area (Å²) >= 11 is 0. The molecule has 4 nitrogen and oxygen atoms in total. The Hall–Kier alpha value is -2.49. The Morgan fingerprint density at radius 3 is 2.35 bits per heavy atom. The molecule has 0 radical (unpaired) electrons. The first-order valence-electron chi connectivity index (χ1n) is 6.40. The topological polar surface area (TPSA) is 52.6 Å². The predicted octanol–water partition coefficient (Wildman–Crippen LogP) is 2.83. The van der Waals surface area contributed by atoms with Crippen LogP contribution in [-0.2, 0) is 6.54 Å². The van der Waals surface area contributed by atoms with Crippen LogP contribution in [0.3, 0.4) is 0 Å². The van der Waals surface area contributed by atoms with Crippen molar-refractivity contribution in [2.45, 2.75) is 6.54 Å². The summed E-state index contributed by atoms with van der Waals surface area (Å²) in [5, 5.41) is 12.6. The highest BCUT2D eigenvalue weighted by Crippen LogP contribution is 2.28. The van der Waals surface area contributed by atoms with E-state index >= 15 is 0 Å². The summed E-state index contributed by atoms with van der Waals surface area (Å²) in [6.07, 6.45) is 0. The lowest BCUT2D eigenvalue weighted by Crippen LogP contribution is -2.33. The second kappa shape index (κ2) is 6.10. The molecule has 0 saturated heterocycles. The van der Waals surface area contributed by atoms with E-state index < -0.39 is 0 Å². The summed E-state index contributed by atoms with van der Waals surface area (Å²) < 4.78 is 0. The number of nitrogens with zero attached hydrogens (tertiary/aromatic N) is 1. The van der Waals surface area contributed by atoms with Crippen LogP contribution in [0.25, 0.3) is 11.1 Å². The molecule has 0 spiro atoms. The molecule has 2 N–H and O–H groups in total. The first kappa shape index (κ1) is 13.9. The Morgan fingerprint density at radius 2 is 1.75 bits per heavy atom. The molecular formula is C16H18N2O2. The van der Waals surface area contributed by atoms with Gasteiger partial charge in [-0.15, -0.1) is 0 Å². The summed E-state index contributed by atoms with van der Waals surface area (Å²) in [4.78, 5) is 12.9. The maximum atomic E-state index is 11.4. The molecule has 0 fully saturated rings. The minimum atomic E-state index is -0.116. The monoisotopic (exact) mass is 270 g/mol. The molecule has 4 heteroatoms. The average molecular weight is 270 g/mol. The van der Waals surface area contributed by atoms with E-state index in [4.69, 9.17) is 0 Å². The maximum absolute atomic E-state index is 11.4. The smallest absolute Gasteiger partial charge is 0.317 e. The van der Waals surface area contributed by atoms with Crippen LogP contribution < -0.4 is 5.32 Å². The molecule has 0 aliphatic rings. The molecule has 104 valence electrons. The van der Waals surface area contributed by atoms with E-state index in [1.165, 1.54) is 4.90 Å². The fourth-order valence-corrected chi connectivity index (χ4v) is 1.86. The molecule has 0 heterocycles. The molecule has 20 heavy (non-hydrogen) atoms. The number of phenolic OH excluding ortho intramolecular Hbond substituents is 1. The fraction of sp³-hybridized carbons (Fsp3) is 0.188. The van der Waals surface area contributed by atoms with Gasteiger partial charge in [-0.3, -0.25) is 0 Å². The second-order valence-electron chi connectivity index (χ2n) is 4.77. The third-order valence-corrected chi connectivity index (χ3v) is 3.02. The number of phenols is 1. The Bertz CT molecular complexity index is 592. The van der Waals surface area contributed by atoms with Gasteiger partial charge in [-0.1, -0.05) is 42.5 Å². The number of aromatic hydroxyl groups is 1. The van der Waals surface area contributed by atoms with Crippen molar-refractivity contribution in [3.8, 4) is 16.9 Å². The van der Waals surface area contributed by atoms with Crippen LogP contribution >= 0.6 is 0 Å². The van der Waals surface area contributed by atoms with Crippen LogP contribution in [0.4, 0.5) is 4.79 Å². The van der Waals surface area contributed by atoms with Crippen LogP contribution in [0.15, 0.2) is 48.5 Å². The minimum Gasteiger partial charge on any atom is -0.507 e. The number of para-hydroxylation sites is 1. The van der Waals surface area contributed by atoms with Gasteiger partial charge in [0.1, 0.15) is 5.75 Å². The average Bonchev–Trinajstić information content (AvgIpc) is 2.46. The zero-order valence-corrected chi connectivity index (χ0v) is 11.6. The van der Waals surface area contributed by atoms with Gasteiger partial charge in [-0.05, 0) is 17.2 Å². The molecule has 0 aliphatic heterocycles. The molecule has 2 amide bonds. The van der Waals surface area contributed by atoms with Crippen LogP contribution in [0.5, 0.6) is 5.75 Å². The van der Waals surface area contributed by atoms with E-state index in [0.717, 1.165) is 16.7 Å². The van der Waals surface area contributed by atoms with Gasteiger partial charge in [-0.25, -0.2) is 4.79 Å². The molecule has 0 atom stereocenters. The third kappa shape index (κ3) is 3.29. The number of urea groups is 1. The van der Waals surface area contributed by atoms with Crippen molar-refractivity contribution >= 4 is 6.03 Å². The number of benzene rings is 2. The van der Waals surface area contributed by atoms with E-state index in [0.29, 0.717) is 6.54 Å². The van der Waals surface area contributed by atoms with E-state index in [9.17, 15) is 9.90 Å². The van der Waals surface area contributed by atoms with Crippen molar-refractivity contribution in [1.29, 1.82) is 0 Å². The van der Waals surface area contributed by atoms with Crippen LogP contribution in [0.2, 0.25) is 0 Å². The van der Waals surface area contributed by atoms with E-state index in [-0.39, 0.29) is 11.8 Å². The molecular weight excluding hydrogens is 252 g/mol. The molecule has 0 aliphatic carbocycles. The van der Waals surface area contributed by atoms with E-state index in [1.54, 1.807) is 26.2 Å². The molecule has 2 rings (SSSR count). The fourth-order valence-electron chi connectivity index (χ4n) is 1.86. The van der Waals surface area contributed by atoms with Gasteiger partial charge < -0.3 is 15.3 Å². The maximum Gasteiger partial charge on any atom is 0.317 e. The van der Waals surface area contributed by atoms with Gasteiger partial charge in [0, 0.05) is 26.2 Å². The normalized spacial score (nSPS) is 10.1. The highest BCUT2D eigenvalue weighted by Gasteiger charge is 2.05. The summed E-state index contributed by atoms with van der Waals surface area (Å²) in [5.41, 5.74) is 2.77. The van der Waals surface area contributed by atoms with Crippen LogP contribution in [0.1, 0.15) is 5.56 Å². The number of nitrogens with one attached hydrogen (secondary N) is 1. The summed E-state index contributed by atoms with van der Waals surface area (Å²) in [7, 11) is 3.41. The lowest BCUT2D eigenvalue weighted by molar-refractivity contribution is 0.217. The van der Waals surface area contributed by atoms with Gasteiger partial charge in [0.05, 0.1) is 0 Å². The predicted molar refractivity (Wildman–Crippen MR) is 79.5 cm³/mol. The summed E-state index contributed by atoms with van der Waals surface area (Å²) in [5.74, 6) is 0.265. The largest absolute Gasteiger partial charge is 0.507 e. The Morgan fingerprint density at radius 1 is 1.10 bits per heavy atom. The highest BCUT2D eigenvalue weighted by molar-refractivity contribution is 5.73. The SMILES string of the molecule is CN(C)C(=O)NCc1ccc(-c2ccccc2O)cc1. The second-order valence-corrected chi connectivity index (χ2v) is 4.77. The number of carbonyl (C=O) groups is 1. The van der Waals surface area contributed by atoms with Gasteiger partial charge in [-0.2, -0.15) is 0 Å². The molecule has 2 aromatic carbocycles. The van der Waals surface area contributed by atoms with Gasteiger partial charge in [0.15, 0.2) is 0 Å². The zero-order chi connectivity index (χ0) is 14.5. The van der Waals surface area contributed by atoms with E-state index in [1.807, 2.05) is 36.4 Å². The van der Waals surface area contributed by atoms with Gasteiger partial charge in [0.25, 0.3) is 0 Å². The van der Waals surface area contributed by atoms with Crippen molar-refractivity contribution in [2.75, 3.05) is 14.1 Å². The number of amides is 2. The standard InChI is InChI=1S/C16H18N2O2/c1-18(2)16(20)17-11-12-7-9-13(10-8-12)14-5-3-4-6-15(14)19/h3-10,19H,11H2,1-2H3,(H,17,20). The summed E-state index contributed by atoms with van der Waals surface area (Å²) in [6.45, 7) is 0.484. The number of hydrogen-bond acceptors (Lipinski definition) is 2. The Labute approximate surface area is 118 Å².